The number of nitrogens with zero attached hydrogens (tertiary/aromatic N) is 1. The first-order valence-electron chi connectivity index (χ1n) is 7.42. The smallest absolute Gasteiger partial charge is 0.264 e. The maximum absolute atomic E-state index is 12.1. The SMILES string of the molecule is O=C(NCCN1CCNCC1)C1COc2ccccc2O1. The Labute approximate surface area is 124 Å². The molecule has 6 heteroatoms. The van der Waals surface area contributed by atoms with Crippen molar-refractivity contribution in [2.45, 2.75) is 6.10 Å². The lowest BCUT2D eigenvalue weighted by Crippen LogP contribution is -2.49. The van der Waals surface area contributed by atoms with Gasteiger partial charge in [-0.05, 0) is 12.1 Å². The van der Waals surface area contributed by atoms with Crippen molar-refractivity contribution in [2.75, 3.05) is 45.9 Å². The van der Waals surface area contributed by atoms with Gasteiger partial charge in [-0.2, -0.15) is 0 Å². The molecule has 114 valence electrons. The largest absolute Gasteiger partial charge is 0.485 e. The van der Waals surface area contributed by atoms with Gasteiger partial charge < -0.3 is 20.1 Å². The van der Waals surface area contributed by atoms with Crippen LogP contribution < -0.4 is 20.1 Å². The molecule has 1 saturated heterocycles. The number of carbonyl (C=O) groups excluding carboxylic acids is 1. The summed E-state index contributed by atoms with van der Waals surface area (Å²) in [6.45, 7) is 5.88. The van der Waals surface area contributed by atoms with Crippen LogP contribution in [0.1, 0.15) is 0 Å². The van der Waals surface area contributed by atoms with Crippen molar-refractivity contribution in [3.63, 3.8) is 0 Å². The number of hydrogen-bond acceptors (Lipinski definition) is 5. The summed E-state index contributed by atoms with van der Waals surface area (Å²) in [4.78, 5) is 14.4. The van der Waals surface area contributed by atoms with E-state index < -0.39 is 6.10 Å². The molecule has 2 aliphatic heterocycles. The second-order valence-electron chi connectivity index (χ2n) is 5.25. The number of piperazine rings is 1. The number of fused-ring (bicyclic) bond motifs is 1. The summed E-state index contributed by atoms with van der Waals surface area (Å²) in [5.41, 5.74) is 0. The first kappa shape index (κ1) is 14.2. The van der Waals surface area contributed by atoms with Crippen LogP contribution in [-0.2, 0) is 4.79 Å². The summed E-state index contributed by atoms with van der Waals surface area (Å²) in [6, 6.07) is 7.41. The Hall–Kier alpha value is -1.79. The molecule has 1 aromatic carbocycles. The van der Waals surface area contributed by atoms with Gasteiger partial charge in [-0.3, -0.25) is 9.69 Å². The molecule has 1 atom stereocenters. The number of para-hydroxylation sites is 2. The maximum Gasteiger partial charge on any atom is 0.264 e. The highest BCUT2D eigenvalue weighted by Crippen LogP contribution is 2.30. The molecule has 0 saturated carbocycles. The molecule has 0 aliphatic carbocycles. The van der Waals surface area contributed by atoms with Gasteiger partial charge in [-0.25, -0.2) is 0 Å². The molecule has 1 amide bonds. The summed E-state index contributed by atoms with van der Waals surface area (Å²) in [5, 5.41) is 6.23. The summed E-state index contributed by atoms with van der Waals surface area (Å²) in [6.07, 6.45) is -0.567. The van der Waals surface area contributed by atoms with E-state index in [1.165, 1.54) is 0 Å². The van der Waals surface area contributed by atoms with Crippen molar-refractivity contribution in [3.8, 4) is 11.5 Å². The lowest BCUT2D eigenvalue weighted by atomic mass is 10.2. The predicted octanol–water partition coefficient (Wildman–Crippen LogP) is -0.152. The fourth-order valence-corrected chi connectivity index (χ4v) is 2.53. The zero-order valence-electron chi connectivity index (χ0n) is 12.0. The summed E-state index contributed by atoms with van der Waals surface area (Å²) >= 11 is 0. The highest BCUT2D eigenvalue weighted by Gasteiger charge is 2.26. The number of amides is 1. The van der Waals surface area contributed by atoms with Crippen molar-refractivity contribution >= 4 is 5.91 Å². The molecule has 1 unspecified atom stereocenters. The van der Waals surface area contributed by atoms with Crippen LogP contribution in [0.5, 0.6) is 11.5 Å². The van der Waals surface area contributed by atoms with Crippen LogP contribution in [-0.4, -0.2) is 62.8 Å². The van der Waals surface area contributed by atoms with E-state index in [2.05, 4.69) is 15.5 Å². The Balaban J connectivity index is 1.44. The molecule has 2 N–H and O–H groups in total. The number of rotatable bonds is 4. The quantitative estimate of drug-likeness (QED) is 0.808. The van der Waals surface area contributed by atoms with E-state index in [1.54, 1.807) is 0 Å². The molecule has 0 aromatic heterocycles. The third kappa shape index (κ3) is 3.65. The molecule has 1 aromatic rings. The molecule has 0 spiro atoms. The predicted molar refractivity (Wildman–Crippen MR) is 78.7 cm³/mol. The third-order valence-electron chi connectivity index (χ3n) is 3.74. The lowest BCUT2D eigenvalue weighted by Gasteiger charge is -2.28. The zero-order valence-corrected chi connectivity index (χ0v) is 12.0. The molecule has 0 bridgehead atoms. The van der Waals surface area contributed by atoms with E-state index in [9.17, 15) is 4.79 Å². The van der Waals surface area contributed by atoms with Crippen molar-refractivity contribution < 1.29 is 14.3 Å². The van der Waals surface area contributed by atoms with E-state index in [0.717, 1.165) is 32.7 Å². The third-order valence-corrected chi connectivity index (χ3v) is 3.74. The van der Waals surface area contributed by atoms with Gasteiger partial charge in [0, 0.05) is 39.3 Å². The summed E-state index contributed by atoms with van der Waals surface area (Å²) in [7, 11) is 0. The van der Waals surface area contributed by atoms with E-state index in [0.29, 0.717) is 18.0 Å². The van der Waals surface area contributed by atoms with Gasteiger partial charge in [-0.15, -0.1) is 0 Å². The van der Waals surface area contributed by atoms with Gasteiger partial charge in [0.25, 0.3) is 5.91 Å². The summed E-state index contributed by atoms with van der Waals surface area (Å²) in [5.74, 6) is 1.22. The highest BCUT2D eigenvalue weighted by molar-refractivity contribution is 5.81. The number of carbonyl (C=O) groups is 1. The molecular formula is C15H21N3O3. The maximum atomic E-state index is 12.1. The van der Waals surface area contributed by atoms with E-state index in [4.69, 9.17) is 9.47 Å². The average molecular weight is 291 g/mol. The van der Waals surface area contributed by atoms with Crippen molar-refractivity contribution in [2.24, 2.45) is 0 Å². The first-order chi connectivity index (χ1) is 10.3. The monoisotopic (exact) mass is 291 g/mol. The highest BCUT2D eigenvalue weighted by atomic mass is 16.6. The van der Waals surface area contributed by atoms with Crippen molar-refractivity contribution in [1.82, 2.24) is 15.5 Å². The van der Waals surface area contributed by atoms with Crippen LogP contribution in [0, 0.1) is 0 Å². The Morgan fingerprint density at radius 1 is 1.29 bits per heavy atom. The van der Waals surface area contributed by atoms with Crippen LogP contribution in [0.3, 0.4) is 0 Å². The first-order valence-corrected chi connectivity index (χ1v) is 7.42. The standard InChI is InChI=1S/C15H21N3O3/c19-15(17-7-10-18-8-5-16-6-9-18)14-11-20-12-3-1-2-4-13(12)21-14/h1-4,14,16H,5-11H2,(H,17,19). The van der Waals surface area contributed by atoms with Gasteiger partial charge in [0.1, 0.15) is 6.61 Å². The molecular weight excluding hydrogens is 270 g/mol. The zero-order chi connectivity index (χ0) is 14.5. The number of hydrogen-bond donors (Lipinski definition) is 2. The fourth-order valence-electron chi connectivity index (χ4n) is 2.53. The van der Waals surface area contributed by atoms with E-state index >= 15 is 0 Å². The van der Waals surface area contributed by atoms with Crippen molar-refractivity contribution in [3.05, 3.63) is 24.3 Å². The minimum absolute atomic E-state index is 0.111. The van der Waals surface area contributed by atoms with Crippen LogP contribution in [0.4, 0.5) is 0 Å². The minimum Gasteiger partial charge on any atom is -0.485 e. The van der Waals surface area contributed by atoms with Gasteiger partial charge in [0.15, 0.2) is 11.5 Å². The summed E-state index contributed by atoms with van der Waals surface area (Å²) < 4.78 is 11.2. The molecule has 0 radical (unpaired) electrons. The van der Waals surface area contributed by atoms with E-state index in [1.807, 2.05) is 24.3 Å². The van der Waals surface area contributed by atoms with Gasteiger partial charge in [0.2, 0.25) is 6.10 Å². The van der Waals surface area contributed by atoms with Crippen LogP contribution in [0.2, 0.25) is 0 Å². The minimum atomic E-state index is -0.567. The molecule has 1 fully saturated rings. The Morgan fingerprint density at radius 3 is 2.86 bits per heavy atom. The molecule has 3 rings (SSSR count). The second-order valence-corrected chi connectivity index (χ2v) is 5.25. The van der Waals surface area contributed by atoms with Crippen LogP contribution in [0.25, 0.3) is 0 Å². The lowest BCUT2D eigenvalue weighted by molar-refractivity contribution is -0.130. The van der Waals surface area contributed by atoms with Gasteiger partial charge >= 0.3 is 0 Å². The average Bonchev–Trinajstić information content (AvgIpc) is 2.55. The van der Waals surface area contributed by atoms with Gasteiger partial charge in [0.05, 0.1) is 0 Å². The Kier molecular flexibility index (Phi) is 4.57. The van der Waals surface area contributed by atoms with Crippen molar-refractivity contribution in [1.29, 1.82) is 0 Å². The number of ether oxygens (including phenoxy) is 2. The molecule has 21 heavy (non-hydrogen) atoms. The normalized spacial score (nSPS) is 21.8. The number of benzene rings is 1. The number of nitrogens with one attached hydrogen (secondary N) is 2. The van der Waals surface area contributed by atoms with E-state index in [-0.39, 0.29) is 12.5 Å². The fraction of sp³-hybridized carbons (Fsp3) is 0.533. The second kappa shape index (κ2) is 6.78. The molecule has 6 nitrogen and oxygen atoms in total. The van der Waals surface area contributed by atoms with Gasteiger partial charge in [-0.1, -0.05) is 12.1 Å². The molecule has 2 aliphatic rings. The Bertz CT molecular complexity index is 489. The topological polar surface area (TPSA) is 62.8 Å². The Morgan fingerprint density at radius 2 is 2.05 bits per heavy atom. The van der Waals surface area contributed by atoms with Crippen LogP contribution in [0.15, 0.2) is 24.3 Å². The van der Waals surface area contributed by atoms with Crippen LogP contribution >= 0.6 is 0 Å². The molecule has 2 heterocycles.